The quantitative estimate of drug-likeness (QED) is 0.424. The lowest BCUT2D eigenvalue weighted by molar-refractivity contribution is -0.163. The summed E-state index contributed by atoms with van der Waals surface area (Å²) < 4.78 is 22.7. The van der Waals surface area contributed by atoms with Crippen molar-refractivity contribution < 1.29 is 38.2 Å². The molecule has 0 radical (unpaired) electrons. The molecule has 4 atom stereocenters. The Balaban J connectivity index is 1.51. The number of benzene rings is 2. The van der Waals surface area contributed by atoms with Crippen molar-refractivity contribution in [3.63, 3.8) is 0 Å². The van der Waals surface area contributed by atoms with Crippen LogP contribution >= 0.6 is 0 Å². The predicted octanol–water partition coefficient (Wildman–Crippen LogP) is 4.42. The molecule has 10 heteroatoms. The van der Waals surface area contributed by atoms with Gasteiger partial charge in [0.1, 0.15) is 18.0 Å². The van der Waals surface area contributed by atoms with E-state index in [1.807, 2.05) is 49.3 Å². The number of hydrogen-bond donors (Lipinski definition) is 1. The Kier molecular flexibility index (Phi) is 7.37. The lowest BCUT2D eigenvalue weighted by Gasteiger charge is -2.41. The number of fused-ring (bicyclic) bond motifs is 3. The van der Waals surface area contributed by atoms with Gasteiger partial charge in [0, 0.05) is 17.9 Å². The zero-order valence-corrected chi connectivity index (χ0v) is 22.9. The zero-order chi connectivity index (χ0) is 28.6. The van der Waals surface area contributed by atoms with E-state index in [4.69, 9.17) is 18.7 Å². The van der Waals surface area contributed by atoms with E-state index in [-0.39, 0.29) is 59.7 Å². The number of phenolic OH excluding ortho intramolecular Hbond substituents is 1. The van der Waals surface area contributed by atoms with E-state index in [9.17, 15) is 19.5 Å². The third-order valence-corrected chi connectivity index (χ3v) is 7.98. The van der Waals surface area contributed by atoms with Gasteiger partial charge in [-0.3, -0.25) is 14.5 Å². The highest BCUT2D eigenvalue weighted by Gasteiger charge is 2.52. The molecule has 1 aliphatic heterocycles. The molecular formula is C30H32N2O8. The van der Waals surface area contributed by atoms with Gasteiger partial charge >= 0.3 is 11.9 Å². The van der Waals surface area contributed by atoms with E-state index < -0.39 is 29.5 Å². The van der Waals surface area contributed by atoms with Crippen LogP contribution in [0.4, 0.5) is 0 Å². The Morgan fingerprint density at radius 1 is 1.15 bits per heavy atom. The van der Waals surface area contributed by atoms with Crippen LogP contribution in [-0.2, 0) is 26.5 Å². The lowest BCUT2D eigenvalue weighted by atomic mass is 9.68. The Morgan fingerprint density at radius 3 is 2.60 bits per heavy atom. The number of phenols is 1. The Bertz CT molecular complexity index is 1430. The first kappa shape index (κ1) is 27.4. The molecule has 1 fully saturated rings. The fraction of sp³-hybridized carbons (Fsp3) is 0.400. The smallest absolute Gasteiger partial charge is 0.347 e. The van der Waals surface area contributed by atoms with E-state index in [0.29, 0.717) is 12.0 Å². The molecule has 210 valence electrons. The second-order valence-electron chi connectivity index (χ2n) is 10.7. The predicted molar refractivity (Wildman–Crippen MR) is 142 cm³/mol. The molecule has 3 aromatic rings. The van der Waals surface area contributed by atoms with Crippen LogP contribution in [0.1, 0.15) is 69.8 Å². The Labute approximate surface area is 231 Å². The average Bonchev–Trinajstić information content (AvgIpc) is 3.27. The first-order valence-corrected chi connectivity index (χ1v) is 13.1. The minimum atomic E-state index is -1.11. The summed E-state index contributed by atoms with van der Waals surface area (Å²) in [6.07, 6.45) is 0.517. The molecule has 2 aliphatic rings. The van der Waals surface area contributed by atoms with Gasteiger partial charge in [-0.25, -0.2) is 4.79 Å². The fourth-order valence-corrected chi connectivity index (χ4v) is 6.09. The van der Waals surface area contributed by atoms with E-state index in [0.717, 1.165) is 5.56 Å². The highest BCUT2D eigenvalue weighted by atomic mass is 16.6. The average molecular weight is 549 g/mol. The number of methoxy groups -OCH3 is 1. The van der Waals surface area contributed by atoms with Crippen LogP contribution in [0.5, 0.6) is 11.6 Å². The van der Waals surface area contributed by atoms with Crippen molar-refractivity contribution in [2.45, 2.75) is 44.4 Å². The van der Waals surface area contributed by atoms with Crippen LogP contribution in [0.2, 0.25) is 0 Å². The van der Waals surface area contributed by atoms with Crippen molar-refractivity contribution in [2.75, 3.05) is 21.2 Å². The summed E-state index contributed by atoms with van der Waals surface area (Å²) in [5.74, 6) is -2.03. The summed E-state index contributed by atoms with van der Waals surface area (Å²) in [5, 5.41) is 14.5. The zero-order valence-electron chi connectivity index (χ0n) is 22.9. The molecule has 40 heavy (non-hydrogen) atoms. The van der Waals surface area contributed by atoms with Gasteiger partial charge in [0.15, 0.2) is 17.1 Å². The maximum atomic E-state index is 13.3. The van der Waals surface area contributed by atoms with Gasteiger partial charge in [0.2, 0.25) is 0 Å². The standard InChI is InChI=1S/C30H32N2O8/c1-30-19(15-22(34)24-20(30)11-8-12-21(24)33)13-18(14-23(35)39-30)26(32(2)3)27-25(29(36)37-4)28(31-40-27)38-16-17-9-6-5-7-10-17/h5-12,18-19,26,33H,13-16H2,1-4H3/t18-,19+,26?,30+/m1/s1. The lowest BCUT2D eigenvalue weighted by Crippen LogP contribution is -2.42. The highest BCUT2D eigenvalue weighted by molar-refractivity contribution is 6.02. The first-order chi connectivity index (χ1) is 19.1. The molecule has 10 nitrogen and oxygen atoms in total. The Hall–Kier alpha value is -4.18. The van der Waals surface area contributed by atoms with Gasteiger partial charge in [-0.1, -0.05) is 42.5 Å². The van der Waals surface area contributed by atoms with Crippen molar-refractivity contribution in [2.24, 2.45) is 11.8 Å². The van der Waals surface area contributed by atoms with Gasteiger partial charge in [-0.2, -0.15) is 0 Å². The molecule has 0 amide bonds. The van der Waals surface area contributed by atoms with E-state index in [1.165, 1.54) is 13.2 Å². The fourth-order valence-electron chi connectivity index (χ4n) is 6.09. The molecule has 0 bridgehead atoms. The molecule has 1 saturated heterocycles. The summed E-state index contributed by atoms with van der Waals surface area (Å²) in [7, 11) is 4.89. The summed E-state index contributed by atoms with van der Waals surface area (Å²) >= 11 is 0. The van der Waals surface area contributed by atoms with Gasteiger partial charge in [0.05, 0.1) is 25.1 Å². The number of aromatic nitrogens is 1. The summed E-state index contributed by atoms with van der Waals surface area (Å²) in [4.78, 5) is 41.2. The molecule has 5 rings (SSSR count). The number of nitrogens with zero attached hydrogens (tertiary/aromatic N) is 2. The second-order valence-corrected chi connectivity index (χ2v) is 10.7. The molecule has 0 saturated carbocycles. The molecule has 2 aromatic carbocycles. The first-order valence-electron chi connectivity index (χ1n) is 13.1. The van der Waals surface area contributed by atoms with Crippen molar-refractivity contribution in [1.82, 2.24) is 10.1 Å². The summed E-state index contributed by atoms with van der Waals surface area (Å²) in [6.45, 7) is 1.95. The topological polar surface area (TPSA) is 128 Å². The number of ether oxygens (including phenoxy) is 3. The third-order valence-electron chi connectivity index (χ3n) is 7.98. The third kappa shape index (κ3) is 4.83. The maximum Gasteiger partial charge on any atom is 0.347 e. The number of carbonyl (C=O) groups is 3. The number of ketones is 1. The van der Waals surface area contributed by atoms with E-state index >= 15 is 0 Å². The van der Waals surface area contributed by atoms with Crippen LogP contribution in [0.25, 0.3) is 0 Å². The van der Waals surface area contributed by atoms with E-state index in [1.54, 1.807) is 19.1 Å². The number of hydrogen-bond acceptors (Lipinski definition) is 10. The summed E-state index contributed by atoms with van der Waals surface area (Å²) in [6, 6.07) is 13.7. The van der Waals surface area contributed by atoms with Crippen LogP contribution < -0.4 is 4.74 Å². The van der Waals surface area contributed by atoms with Crippen LogP contribution in [0, 0.1) is 11.8 Å². The number of Topliss-reactive ketones (excluding diaryl/α,β-unsaturated/α-hetero) is 1. The van der Waals surface area contributed by atoms with Gasteiger partial charge in [-0.15, -0.1) is 0 Å². The SMILES string of the molecule is COC(=O)c1c(OCc2ccccc2)noc1C([C@H]1CC(=O)O[C@]2(C)c3cccc(O)c3C(=O)C[C@@H]2C1)N(C)C. The van der Waals surface area contributed by atoms with Crippen molar-refractivity contribution in [1.29, 1.82) is 0 Å². The molecule has 2 heterocycles. The molecule has 1 aromatic heterocycles. The number of rotatable bonds is 7. The number of esters is 2. The van der Waals surface area contributed by atoms with Crippen LogP contribution in [-0.4, -0.2) is 54.1 Å². The molecule has 1 N–H and O–H groups in total. The monoisotopic (exact) mass is 548 g/mol. The minimum Gasteiger partial charge on any atom is -0.507 e. The van der Waals surface area contributed by atoms with Crippen molar-refractivity contribution in [3.8, 4) is 11.6 Å². The second kappa shape index (κ2) is 10.8. The van der Waals surface area contributed by atoms with Gasteiger partial charge < -0.3 is 23.8 Å². The minimum absolute atomic E-state index is 0.00386. The summed E-state index contributed by atoms with van der Waals surface area (Å²) in [5.41, 5.74) is 0.510. The molecule has 1 unspecified atom stereocenters. The largest absolute Gasteiger partial charge is 0.507 e. The van der Waals surface area contributed by atoms with Crippen molar-refractivity contribution >= 4 is 17.7 Å². The van der Waals surface area contributed by atoms with E-state index in [2.05, 4.69) is 5.16 Å². The maximum absolute atomic E-state index is 13.3. The Morgan fingerprint density at radius 2 is 1.90 bits per heavy atom. The van der Waals surface area contributed by atoms with Gasteiger partial charge in [0.25, 0.3) is 5.88 Å². The van der Waals surface area contributed by atoms with Gasteiger partial charge in [-0.05, 0) is 50.1 Å². The normalized spacial score (nSPS) is 23.0. The van der Waals surface area contributed by atoms with Crippen LogP contribution in [0.15, 0.2) is 53.1 Å². The van der Waals surface area contributed by atoms with Crippen molar-refractivity contribution in [3.05, 3.63) is 76.5 Å². The number of aromatic hydroxyl groups is 1. The molecular weight excluding hydrogens is 516 g/mol. The molecule has 1 aliphatic carbocycles. The number of carbonyl (C=O) groups excluding carboxylic acids is 3. The van der Waals surface area contributed by atoms with Crippen LogP contribution in [0.3, 0.4) is 0 Å². The highest BCUT2D eigenvalue weighted by Crippen LogP contribution is 2.52. The molecule has 0 spiro atoms.